The molecule has 0 spiro atoms. The molecule has 1 aromatic heterocycles. The van der Waals surface area contributed by atoms with Gasteiger partial charge in [-0.25, -0.2) is 4.98 Å². The fourth-order valence-electron chi connectivity index (χ4n) is 3.99. The molecule has 0 atom stereocenters. The van der Waals surface area contributed by atoms with E-state index in [2.05, 4.69) is 22.0 Å². The third-order valence-electron chi connectivity index (χ3n) is 5.76. The number of piperidine rings is 1. The summed E-state index contributed by atoms with van der Waals surface area (Å²) < 4.78 is 12.2. The molecule has 0 amide bonds. The fraction of sp³-hybridized carbons (Fsp3) is 0.391. The Balaban J connectivity index is 1.36. The Morgan fingerprint density at radius 3 is 2.38 bits per heavy atom. The van der Waals surface area contributed by atoms with Gasteiger partial charge < -0.3 is 9.47 Å². The van der Waals surface area contributed by atoms with E-state index in [4.69, 9.17) is 9.47 Å². The average Bonchev–Trinajstić information content (AvgIpc) is 2.77. The van der Waals surface area contributed by atoms with E-state index in [0.717, 1.165) is 44.8 Å². The summed E-state index contributed by atoms with van der Waals surface area (Å²) in [5.74, 6) is 2.10. The average molecular weight is 393 g/mol. The standard InChI is InChI=1S/C23H27N3O3/c1-28-19-5-3-17(4-6-19)14-25-11-9-18(10-12-25)15-26-16-24-22-13-20(29-2)7-8-21(22)23(26)27/h3-8,13,16,18H,9-12,14-15H2,1-2H3. The van der Waals surface area contributed by atoms with Gasteiger partial charge in [-0.1, -0.05) is 12.1 Å². The van der Waals surface area contributed by atoms with Crippen LogP contribution in [0.4, 0.5) is 0 Å². The van der Waals surface area contributed by atoms with Gasteiger partial charge in [0.2, 0.25) is 0 Å². The van der Waals surface area contributed by atoms with Crippen LogP contribution in [0, 0.1) is 5.92 Å². The topological polar surface area (TPSA) is 56.6 Å². The van der Waals surface area contributed by atoms with Crippen molar-refractivity contribution in [2.24, 2.45) is 5.92 Å². The first-order valence-electron chi connectivity index (χ1n) is 10.0. The minimum absolute atomic E-state index is 0.0262. The van der Waals surface area contributed by atoms with Crippen LogP contribution >= 0.6 is 0 Å². The molecule has 1 aliphatic heterocycles. The lowest BCUT2D eigenvalue weighted by atomic mass is 9.96. The zero-order valence-corrected chi connectivity index (χ0v) is 17.0. The minimum Gasteiger partial charge on any atom is -0.497 e. The zero-order chi connectivity index (χ0) is 20.2. The molecule has 2 heterocycles. The lowest BCUT2D eigenvalue weighted by Gasteiger charge is -2.32. The highest BCUT2D eigenvalue weighted by atomic mass is 16.5. The van der Waals surface area contributed by atoms with E-state index in [1.54, 1.807) is 37.2 Å². The van der Waals surface area contributed by atoms with Crippen molar-refractivity contribution < 1.29 is 9.47 Å². The van der Waals surface area contributed by atoms with Crippen LogP contribution in [0.1, 0.15) is 18.4 Å². The Hall–Kier alpha value is -2.86. The molecule has 0 aliphatic carbocycles. The smallest absolute Gasteiger partial charge is 0.261 e. The van der Waals surface area contributed by atoms with Gasteiger partial charge in [0, 0.05) is 19.2 Å². The van der Waals surface area contributed by atoms with Crippen molar-refractivity contribution in [1.82, 2.24) is 14.5 Å². The Labute approximate surface area is 170 Å². The number of fused-ring (bicyclic) bond motifs is 1. The van der Waals surface area contributed by atoms with Gasteiger partial charge in [0.25, 0.3) is 5.56 Å². The Kier molecular flexibility index (Phi) is 5.81. The van der Waals surface area contributed by atoms with Gasteiger partial charge in [0.15, 0.2) is 0 Å². The van der Waals surface area contributed by atoms with Gasteiger partial charge in [0.1, 0.15) is 11.5 Å². The van der Waals surface area contributed by atoms with Gasteiger partial charge >= 0.3 is 0 Å². The van der Waals surface area contributed by atoms with Crippen LogP contribution in [0.15, 0.2) is 53.6 Å². The van der Waals surface area contributed by atoms with E-state index in [0.29, 0.717) is 22.6 Å². The second-order valence-electron chi connectivity index (χ2n) is 7.65. The highest BCUT2D eigenvalue weighted by Crippen LogP contribution is 2.22. The van der Waals surface area contributed by atoms with Gasteiger partial charge in [0.05, 0.1) is 31.4 Å². The van der Waals surface area contributed by atoms with Crippen LogP contribution in [0.3, 0.4) is 0 Å². The molecule has 6 nitrogen and oxygen atoms in total. The van der Waals surface area contributed by atoms with E-state index in [-0.39, 0.29) is 5.56 Å². The van der Waals surface area contributed by atoms with E-state index in [9.17, 15) is 4.79 Å². The maximum absolute atomic E-state index is 12.8. The number of ether oxygens (including phenoxy) is 2. The van der Waals surface area contributed by atoms with Crippen molar-refractivity contribution in [3.05, 3.63) is 64.7 Å². The van der Waals surface area contributed by atoms with Crippen LogP contribution in [-0.4, -0.2) is 41.8 Å². The largest absolute Gasteiger partial charge is 0.497 e. The molecule has 1 fully saturated rings. The third kappa shape index (κ3) is 4.43. The van der Waals surface area contributed by atoms with E-state index < -0.39 is 0 Å². The highest BCUT2D eigenvalue weighted by molar-refractivity contribution is 5.78. The van der Waals surface area contributed by atoms with Crippen LogP contribution in [0.25, 0.3) is 10.9 Å². The van der Waals surface area contributed by atoms with Crippen molar-refractivity contribution >= 4 is 10.9 Å². The second kappa shape index (κ2) is 8.66. The van der Waals surface area contributed by atoms with E-state index in [1.807, 2.05) is 18.2 Å². The monoisotopic (exact) mass is 393 g/mol. The molecule has 152 valence electrons. The number of likely N-dealkylation sites (tertiary alicyclic amines) is 1. The van der Waals surface area contributed by atoms with Crippen molar-refractivity contribution in [3.63, 3.8) is 0 Å². The molecule has 0 N–H and O–H groups in total. The van der Waals surface area contributed by atoms with Crippen LogP contribution in [-0.2, 0) is 13.1 Å². The van der Waals surface area contributed by atoms with Crippen molar-refractivity contribution in [3.8, 4) is 11.5 Å². The Bertz CT molecular complexity index is 1020. The van der Waals surface area contributed by atoms with Crippen LogP contribution in [0.5, 0.6) is 11.5 Å². The number of rotatable bonds is 6. The van der Waals surface area contributed by atoms with Gasteiger partial charge in [-0.2, -0.15) is 0 Å². The van der Waals surface area contributed by atoms with Crippen LogP contribution < -0.4 is 15.0 Å². The normalized spacial score (nSPS) is 15.5. The zero-order valence-electron chi connectivity index (χ0n) is 17.0. The molecule has 1 saturated heterocycles. The number of methoxy groups -OCH3 is 2. The highest BCUT2D eigenvalue weighted by Gasteiger charge is 2.20. The first-order chi connectivity index (χ1) is 14.2. The molecule has 2 aromatic carbocycles. The number of hydrogen-bond donors (Lipinski definition) is 0. The molecule has 6 heteroatoms. The molecule has 0 saturated carbocycles. The molecule has 0 radical (unpaired) electrons. The summed E-state index contributed by atoms with van der Waals surface area (Å²) in [7, 11) is 3.30. The summed E-state index contributed by atoms with van der Waals surface area (Å²) in [5, 5.41) is 0.644. The number of nitrogens with zero attached hydrogens (tertiary/aromatic N) is 3. The second-order valence-corrected chi connectivity index (χ2v) is 7.65. The maximum Gasteiger partial charge on any atom is 0.261 e. The molecular formula is C23H27N3O3. The summed E-state index contributed by atoms with van der Waals surface area (Å²) in [6.07, 6.45) is 3.85. The first-order valence-corrected chi connectivity index (χ1v) is 10.0. The summed E-state index contributed by atoms with van der Waals surface area (Å²) in [6.45, 7) is 3.77. The quantitative estimate of drug-likeness (QED) is 0.643. The Morgan fingerprint density at radius 2 is 1.69 bits per heavy atom. The maximum atomic E-state index is 12.8. The van der Waals surface area contributed by atoms with Crippen molar-refractivity contribution in [1.29, 1.82) is 0 Å². The van der Waals surface area contributed by atoms with Gasteiger partial charge in [-0.15, -0.1) is 0 Å². The third-order valence-corrected chi connectivity index (χ3v) is 5.76. The van der Waals surface area contributed by atoms with E-state index >= 15 is 0 Å². The minimum atomic E-state index is 0.0262. The summed E-state index contributed by atoms with van der Waals surface area (Å²) in [5.41, 5.74) is 2.01. The molecule has 0 unspecified atom stereocenters. The summed E-state index contributed by atoms with van der Waals surface area (Å²) >= 11 is 0. The lowest BCUT2D eigenvalue weighted by Crippen LogP contribution is -2.36. The summed E-state index contributed by atoms with van der Waals surface area (Å²) in [4.78, 5) is 19.8. The van der Waals surface area contributed by atoms with Gasteiger partial charge in [-0.05, 0) is 61.7 Å². The number of hydrogen-bond acceptors (Lipinski definition) is 5. The summed E-state index contributed by atoms with van der Waals surface area (Å²) in [6, 6.07) is 13.7. The van der Waals surface area contributed by atoms with Crippen LogP contribution in [0.2, 0.25) is 0 Å². The predicted molar refractivity (Wildman–Crippen MR) is 114 cm³/mol. The fourth-order valence-corrected chi connectivity index (χ4v) is 3.99. The first kappa shape index (κ1) is 19.5. The molecule has 1 aliphatic rings. The van der Waals surface area contributed by atoms with Gasteiger partial charge in [-0.3, -0.25) is 14.3 Å². The SMILES string of the molecule is COc1ccc(CN2CCC(Cn3cnc4cc(OC)ccc4c3=O)CC2)cc1. The molecular weight excluding hydrogens is 366 g/mol. The van der Waals surface area contributed by atoms with Crippen molar-refractivity contribution in [2.45, 2.75) is 25.9 Å². The van der Waals surface area contributed by atoms with Crippen molar-refractivity contribution in [2.75, 3.05) is 27.3 Å². The van der Waals surface area contributed by atoms with E-state index in [1.165, 1.54) is 5.56 Å². The lowest BCUT2D eigenvalue weighted by molar-refractivity contribution is 0.166. The molecule has 0 bridgehead atoms. The Morgan fingerprint density at radius 1 is 1.00 bits per heavy atom. The number of aromatic nitrogens is 2. The molecule has 4 rings (SSSR count). The molecule has 29 heavy (non-hydrogen) atoms. The molecule has 3 aromatic rings. The predicted octanol–water partition coefficient (Wildman–Crippen LogP) is 3.33. The number of benzene rings is 2.